The lowest BCUT2D eigenvalue weighted by Crippen LogP contribution is -2.41. The van der Waals surface area contributed by atoms with Crippen molar-refractivity contribution in [1.82, 2.24) is 10.6 Å². The second-order valence-corrected chi connectivity index (χ2v) is 6.63. The van der Waals surface area contributed by atoms with E-state index in [0.717, 1.165) is 11.3 Å². The lowest BCUT2D eigenvalue weighted by atomic mass is 9.96. The van der Waals surface area contributed by atoms with Crippen LogP contribution in [0.5, 0.6) is 0 Å². The van der Waals surface area contributed by atoms with Crippen LogP contribution in [0.15, 0.2) is 29.3 Å². The number of carbonyl (C=O) groups is 1. The SMILES string of the molecule is CC(C)NC(=O)Nc1ccc(CN=C(N)NC2CCCCC2)cc1.I. The van der Waals surface area contributed by atoms with Gasteiger partial charge in [-0.2, -0.15) is 0 Å². The Balaban J connectivity index is 0.00000312. The summed E-state index contributed by atoms with van der Waals surface area (Å²) in [6.07, 6.45) is 6.21. The van der Waals surface area contributed by atoms with Crippen LogP contribution in [0.1, 0.15) is 51.5 Å². The number of guanidine groups is 1. The Morgan fingerprint density at radius 3 is 2.44 bits per heavy atom. The summed E-state index contributed by atoms with van der Waals surface area (Å²) in [5.41, 5.74) is 7.78. The predicted octanol–water partition coefficient (Wildman–Crippen LogP) is 3.57. The summed E-state index contributed by atoms with van der Waals surface area (Å²) in [5.74, 6) is 0.514. The van der Waals surface area contributed by atoms with Gasteiger partial charge in [0.15, 0.2) is 5.96 Å². The number of nitrogens with zero attached hydrogens (tertiary/aromatic N) is 1. The van der Waals surface area contributed by atoms with Crippen LogP contribution in [0.3, 0.4) is 0 Å². The number of anilines is 1. The Hall–Kier alpha value is -1.51. The quantitative estimate of drug-likeness (QED) is 0.308. The Morgan fingerprint density at radius 1 is 1.20 bits per heavy atom. The number of halogens is 1. The molecule has 0 aromatic heterocycles. The van der Waals surface area contributed by atoms with Crippen LogP contribution in [0.25, 0.3) is 0 Å². The maximum atomic E-state index is 11.6. The normalized spacial score (nSPS) is 15.4. The van der Waals surface area contributed by atoms with Gasteiger partial charge in [0.2, 0.25) is 0 Å². The van der Waals surface area contributed by atoms with E-state index < -0.39 is 0 Å². The van der Waals surface area contributed by atoms with Crippen LogP contribution in [-0.2, 0) is 6.54 Å². The summed E-state index contributed by atoms with van der Waals surface area (Å²) < 4.78 is 0. The van der Waals surface area contributed by atoms with Gasteiger partial charge in [0.25, 0.3) is 0 Å². The first-order valence-electron chi connectivity index (χ1n) is 8.76. The fourth-order valence-corrected chi connectivity index (χ4v) is 2.80. The van der Waals surface area contributed by atoms with Crippen LogP contribution >= 0.6 is 24.0 Å². The number of hydrogen-bond donors (Lipinski definition) is 4. The van der Waals surface area contributed by atoms with Gasteiger partial charge in [-0.05, 0) is 44.4 Å². The van der Waals surface area contributed by atoms with E-state index in [0.29, 0.717) is 18.5 Å². The molecule has 5 N–H and O–H groups in total. The van der Waals surface area contributed by atoms with Crippen LogP contribution in [0, 0.1) is 0 Å². The fraction of sp³-hybridized carbons (Fsp3) is 0.556. The first-order chi connectivity index (χ1) is 11.5. The fourth-order valence-electron chi connectivity index (χ4n) is 2.80. The third-order valence-electron chi connectivity index (χ3n) is 4.02. The summed E-state index contributed by atoms with van der Waals surface area (Å²) in [6.45, 7) is 4.38. The predicted molar refractivity (Wildman–Crippen MR) is 114 cm³/mol. The monoisotopic (exact) mass is 459 g/mol. The van der Waals surface area contributed by atoms with Crippen molar-refractivity contribution in [3.05, 3.63) is 29.8 Å². The molecule has 0 bridgehead atoms. The number of benzene rings is 1. The van der Waals surface area contributed by atoms with Crippen molar-refractivity contribution in [3.63, 3.8) is 0 Å². The Bertz CT molecular complexity index is 553. The Kier molecular flexibility index (Phi) is 9.62. The molecule has 2 rings (SSSR count). The summed E-state index contributed by atoms with van der Waals surface area (Å²) in [7, 11) is 0. The highest BCUT2D eigenvalue weighted by Gasteiger charge is 2.13. The number of urea groups is 1. The Labute approximate surface area is 167 Å². The van der Waals surface area contributed by atoms with Gasteiger partial charge in [-0.1, -0.05) is 31.4 Å². The zero-order valence-corrected chi connectivity index (χ0v) is 17.4. The van der Waals surface area contributed by atoms with E-state index in [1.54, 1.807) is 0 Å². The molecule has 0 atom stereocenters. The van der Waals surface area contributed by atoms with Crippen molar-refractivity contribution in [2.24, 2.45) is 10.7 Å². The number of hydrogen-bond acceptors (Lipinski definition) is 2. The number of carbonyl (C=O) groups excluding carboxylic acids is 1. The van der Waals surface area contributed by atoms with Crippen molar-refractivity contribution in [1.29, 1.82) is 0 Å². The van der Waals surface area contributed by atoms with Crippen LogP contribution in [-0.4, -0.2) is 24.1 Å². The van der Waals surface area contributed by atoms with E-state index in [9.17, 15) is 4.79 Å². The lowest BCUT2D eigenvalue weighted by molar-refractivity contribution is 0.250. The summed E-state index contributed by atoms with van der Waals surface area (Å²) in [5, 5.41) is 8.89. The van der Waals surface area contributed by atoms with E-state index in [1.165, 1.54) is 32.1 Å². The molecule has 1 aromatic carbocycles. The smallest absolute Gasteiger partial charge is 0.319 e. The highest BCUT2D eigenvalue weighted by molar-refractivity contribution is 14.0. The van der Waals surface area contributed by atoms with Crippen molar-refractivity contribution >= 4 is 41.7 Å². The van der Waals surface area contributed by atoms with E-state index in [4.69, 9.17) is 5.73 Å². The third-order valence-corrected chi connectivity index (χ3v) is 4.02. The molecule has 6 nitrogen and oxygen atoms in total. The minimum absolute atomic E-state index is 0. The van der Waals surface area contributed by atoms with Crippen LogP contribution < -0.4 is 21.7 Å². The van der Waals surface area contributed by atoms with Crippen molar-refractivity contribution in [3.8, 4) is 0 Å². The molecule has 0 heterocycles. The molecule has 1 aliphatic carbocycles. The highest BCUT2D eigenvalue weighted by atomic mass is 127. The molecular formula is C18H30IN5O. The third kappa shape index (κ3) is 8.42. The minimum Gasteiger partial charge on any atom is -0.370 e. The molecule has 0 saturated heterocycles. The molecule has 7 heteroatoms. The molecule has 0 aliphatic heterocycles. The molecule has 140 valence electrons. The number of aliphatic imine (C=N–C) groups is 1. The number of nitrogens with one attached hydrogen (secondary N) is 3. The second kappa shape index (κ2) is 11.2. The average molecular weight is 459 g/mol. The van der Waals surface area contributed by atoms with Crippen LogP contribution in [0.2, 0.25) is 0 Å². The van der Waals surface area contributed by atoms with Gasteiger partial charge in [-0.3, -0.25) is 0 Å². The molecule has 2 amide bonds. The van der Waals surface area contributed by atoms with Gasteiger partial charge < -0.3 is 21.7 Å². The van der Waals surface area contributed by atoms with Crippen molar-refractivity contribution in [2.45, 2.75) is 64.6 Å². The van der Waals surface area contributed by atoms with Crippen LogP contribution in [0.4, 0.5) is 10.5 Å². The first-order valence-corrected chi connectivity index (χ1v) is 8.76. The first kappa shape index (κ1) is 21.5. The van der Waals surface area contributed by atoms with Crippen molar-refractivity contribution < 1.29 is 4.79 Å². The molecule has 1 aromatic rings. The van der Waals surface area contributed by atoms with E-state index in [2.05, 4.69) is 20.9 Å². The molecule has 0 radical (unpaired) electrons. The standard InChI is InChI=1S/C18H29N5O.HI/c1-13(2)21-18(24)23-16-10-8-14(9-11-16)12-20-17(19)22-15-6-4-3-5-7-15;/h8-11,13,15H,3-7,12H2,1-2H3,(H3,19,20,22)(H2,21,23,24);1H. The number of amides is 2. The molecule has 0 unspecified atom stereocenters. The van der Waals surface area contributed by atoms with Gasteiger partial charge in [0.1, 0.15) is 0 Å². The molecular weight excluding hydrogens is 429 g/mol. The zero-order chi connectivity index (χ0) is 17.4. The number of nitrogens with two attached hydrogens (primary N) is 1. The van der Waals surface area contributed by atoms with Gasteiger partial charge in [-0.15, -0.1) is 24.0 Å². The highest BCUT2D eigenvalue weighted by Crippen LogP contribution is 2.17. The maximum Gasteiger partial charge on any atom is 0.319 e. The van der Waals surface area contributed by atoms with Gasteiger partial charge in [0.05, 0.1) is 6.54 Å². The summed E-state index contributed by atoms with van der Waals surface area (Å²) in [6, 6.07) is 8.01. The molecule has 25 heavy (non-hydrogen) atoms. The second-order valence-electron chi connectivity index (χ2n) is 6.63. The van der Waals surface area contributed by atoms with E-state index >= 15 is 0 Å². The maximum absolute atomic E-state index is 11.6. The zero-order valence-electron chi connectivity index (χ0n) is 15.0. The summed E-state index contributed by atoms with van der Waals surface area (Å²) >= 11 is 0. The van der Waals surface area contributed by atoms with E-state index in [1.807, 2.05) is 38.1 Å². The summed E-state index contributed by atoms with van der Waals surface area (Å²) in [4.78, 5) is 16.0. The lowest BCUT2D eigenvalue weighted by Gasteiger charge is -2.23. The van der Waals surface area contributed by atoms with E-state index in [-0.39, 0.29) is 36.0 Å². The van der Waals surface area contributed by atoms with Crippen molar-refractivity contribution in [2.75, 3.05) is 5.32 Å². The number of rotatable bonds is 5. The topological polar surface area (TPSA) is 91.5 Å². The molecule has 1 fully saturated rings. The molecule has 1 aliphatic rings. The molecule has 0 spiro atoms. The molecule has 1 saturated carbocycles. The van der Waals surface area contributed by atoms with Gasteiger partial charge in [-0.25, -0.2) is 9.79 Å². The largest absolute Gasteiger partial charge is 0.370 e. The Morgan fingerprint density at radius 2 is 1.84 bits per heavy atom. The minimum atomic E-state index is -0.198. The average Bonchev–Trinajstić information content (AvgIpc) is 2.54. The van der Waals surface area contributed by atoms with Gasteiger partial charge in [0, 0.05) is 17.8 Å². The van der Waals surface area contributed by atoms with Gasteiger partial charge >= 0.3 is 6.03 Å².